The Morgan fingerprint density at radius 2 is 1.67 bits per heavy atom. The molecule has 2 aromatic rings. The fourth-order valence-electron chi connectivity index (χ4n) is 2.70. The van der Waals surface area contributed by atoms with E-state index in [1.54, 1.807) is 6.07 Å². The van der Waals surface area contributed by atoms with E-state index in [4.69, 9.17) is 9.31 Å². The Morgan fingerprint density at radius 1 is 1.04 bits per heavy atom. The van der Waals surface area contributed by atoms with Gasteiger partial charge in [0, 0.05) is 6.54 Å². The number of hydrogen-bond acceptors (Lipinski definition) is 3. The minimum absolute atomic E-state index is 0.0980. The molecule has 0 unspecified atom stereocenters. The summed E-state index contributed by atoms with van der Waals surface area (Å²) < 4.78 is 26.3. The van der Waals surface area contributed by atoms with Gasteiger partial charge in [0.25, 0.3) is 0 Å². The summed E-state index contributed by atoms with van der Waals surface area (Å²) in [6.07, 6.45) is 0. The molecule has 142 valence electrons. The number of rotatable bonds is 4. The first-order valence-corrected chi connectivity index (χ1v) is 8.92. The molecule has 1 aliphatic rings. The smallest absolute Gasteiger partial charge is 0.399 e. The standard InChI is InChI=1S/C20H24BFN2O3/c1-19(2)20(3,4)27-21(26-19)15-10-11-17(16(22)12-15)24-18(25)23-13-14-8-6-5-7-9-14/h5-12H,13H2,1-4H3,(H2,23,24,25). The van der Waals surface area contributed by atoms with Crippen molar-refractivity contribution in [1.29, 1.82) is 0 Å². The first-order valence-electron chi connectivity index (χ1n) is 8.92. The largest absolute Gasteiger partial charge is 0.494 e. The Labute approximate surface area is 159 Å². The van der Waals surface area contributed by atoms with Gasteiger partial charge in [-0.25, -0.2) is 9.18 Å². The fourth-order valence-corrected chi connectivity index (χ4v) is 2.70. The minimum atomic E-state index is -0.648. The molecule has 5 nitrogen and oxygen atoms in total. The lowest BCUT2D eigenvalue weighted by Gasteiger charge is -2.32. The predicted octanol–water partition coefficient (Wildman–Crippen LogP) is 3.45. The van der Waals surface area contributed by atoms with E-state index in [1.807, 2.05) is 58.0 Å². The van der Waals surface area contributed by atoms with Crippen molar-refractivity contribution in [1.82, 2.24) is 5.32 Å². The van der Waals surface area contributed by atoms with Crippen molar-refractivity contribution in [3.05, 3.63) is 59.9 Å². The summed E-state index contributed by atoms with van der Waals surface area (Å²) in [5.74, 6) is -0.544. The molecule has 0 spiro atoms. The summed E-state index contributed by atoms with van der Waals surface area (Å²) in [5.41, 5.74) is 0.636. The summed E-state index contributed by atoms with van der Waals surface area (Å²) in [7, 11) is -0.648. The van der Waals surface area contributed by atoms with Crippen molar-refractivity contribution >= 4 is 24.3 Å². The number of anilines is 1. The predicted molar refractivity (Wildman–Crippen MR) is 104 cm³/mol. The molecule has 27 heavy (non-hydrogen) atoms. The molecule has 0 aromatic heterocycles. The lowest BCUT2D eigenvalue weighted by Crippen LogP contribution is -2.41. The van der Waals surface area contributed by atoms with E-state index in [-0.39, 0.29) is 5.69 Å². The molecular formula is C20H24BFN2O3. The highest BCUT2D eigenvalue weighted by Gasteiger charge is 2.51. The second-order valence-electron chi connectivity index (χ2n) is 7.62. The normalized spacial score (nSPS) is 17.6. The quantitative estimate of drug-likeness (QED) is 0.811. The van der Waals surface area contributed by atoms with Gasteiger partial charge in [0.05, 0.1) is 16.9 Å². The van der Waals surface area contributed by atoms with Crippen LogP contribution < -0.4 is 16.1 Å². The van der Waals surface area contributed by atoms with Crippen LogP contribution in [0.15, 0.2) is 48.5 Å². The van der Waals surface area contributed by atoms with E-state index in [0.717, 1.165) is 5.56 Å². The Kier molecular flexibility index (Phi) is 5.26. The van der Waals surface area contributed by atoms with Crippen molar-refractivity contribution in [3.63, 3.8) is 0 Å². The number of benzene rings is 2. The van der Waals surface area contributed by atoms with Gasteiger partial charge in [0.15, 0.2) is 0 Å². The zero-order valence-electron chi connectivity index (χ0n) is 16.0. The maximum atomic E-state index is 14.5. The Morgan fingerprint density at radius 3 is 2.26 bits per heavy atom. The van der Waals surface area contributed by atoms with E-state index < -0.39 is 30.2 Å². The summed E-state index contributed by atoms with van der Waals surface area (Å²) in [6, 6.07) is 13.6. The summed E-state index contributed by atoms with van der Waals surface area (Å²) in [6.45, 7) is 8.12. The van der Waals surface area contributed by atoms with E-state index in [2.05, 4.69) is 10.6 Å². The SMILES string of the molecule is CC1(C)OB(c2ccc(NC(=O)NCc3ccccc3)c(F)c2)OC1(C)C. The minimum Gasteiger partial charge on any atom is -0.399 e. The van der Waals surface area contributed by atoms with Crippen LogP contribution in [0.2, 0.25) is 0 Å². The van der Waals surface area contributed by atoms with Gasteiger partial charge >= 0.3 is 13.1 Å². The van der Waals surface area contributed by atoms with Crippen LogP contribution in [0, 0.1) is 5.82 Å². The van der Waals surface area contributed by atoms with Crippen LogP contribution >= 0.6 is 0 Å². The van der Waals surface area contributed by atoms with Crippen LogP contribution in [0.4, 0.5) is 14.9 Å². The average Bonchev–Trinajstić information content (AvgIpc) is 2.83. The highest BCUT2D eigenvalue weighted by atomic mass is 19.1. The van der Waals surface area contributed by atoms with Gasteiger partial charge < -0.3 is 19.9 Å². The number of urea groups is 1. The average molecular weight is 370 g/mol. The first-order chi connectivity index (χ1) is 12.7. The molecule has 2 aromatic carbocycles. The van der Waals surface area contributed by atoms with E-state index in [1.165, 1.54) is 12.1 Å². The summed E-state index contributed by atoms with van der Waals surface area (Å²) >= 11 is 0. The molecular weight excluding hydrogens is 346 g/mol. The first kappa shape index (κ1) is 19.4. The van der Waals surface area contributed by atoms with Crippen LogP contribution in [0.25, 0.3) is 0 Å². The Balaban J connectivity index is 1.62. The zero-order valence-corrected chi connectivity index (χ0v) is 16.0. The summed E-state index contributed by atoms with van der Waals surface area (Å²) in [5, 5.41) is 5.22. The monoisotopic (exact) mass is 370 g/mol. The molecule has 0 saturated carbocycles. The molecule has 2 N–H and O–H groups in total. The van der Waals surface area contributed by atoms with Crippen molar-refractivity contribution in [2.75, 3.05) is 5.32 Å². The number of halogens is 1. The molecule has 1 heterocycles. The third-order valence-electron chi connectivity index (χ3n) is 5.06. The zero-order chi connectivity index (χ0) is 19.7. The molecule has 2 amide bonds. The van der Waals surface area contributed by atoms with Crippen LogP contribution in [-0.2, 0) is 15.9 Å². The van der Waals surface area contributed by atoms with E-state index in [9.17, 15) is 9.18 Å². The molecule has 0 atom stereocenters. The van der Waals surface area contributed by atoms with Gasteiger partial charge in [0.2, 0.25) is 0 Å². The molecule has 0 radical (unpaired) electrons. The van der Waals surface area contributed by atoms with Crippen molar-refractivity contribution in [3.8, 4) is 0 Å². The van der Waals surface area contributed by atoms with Gasteiger partial charge in [-0.05, 0) is 50.9 Å². The van der Waals surface area contributed by atoms with Crippen LogP contribution in [0.3, 0.4) is 0 Å². The maximum absolute atomic E-state index is 14.5. The number of nitrogens with one attached hydrogen (secondary N) is 2. The van der Waals surface area contributed by atoms with Crippen molar-refractivity contribution in [2.24, 2.45) is 0 Å². The van der Waals surface area contributed by atoms with Gasteiger partial charge in [-0.1, -0.05) is 36.4 Å². The third-order valence-corrected chi connectivity index (χ3v) is 5.06. The number of hydrogen-bond donors (Lipinski definition) is 2. The molecule has 3 rings (SSSR count). The number of amides is 2. The molecule has 0 bridgehead atoms. The van der Waals surface area contributed by atoms with Gasteiger partial charge in [-0.15, -0.1) is 0 Å². The second kappa shape index (κ2) is 7.33. The lowest BCUT2D eigenvalue weighted by atomic mass is 9.79. The lowest BCUT2D eigenvalue weighted by molar-refractivity contribution is 0.00578. The molecule has 1 fully saturated rings. The fraction of sp³-hybridized carbons (Fsp3) is 0.350. The second-order valence-corrected chi connectivity index (χ2v) is 7.62. The van der Waals surface area contributed by atoms with E-state index in [0.29, 0.717) is 12.0 Å². The summed E-state index contributed by atoms with van der Waals surface area (Å²) in [4.78, 5) is 12.0. The van der Waals surface area contributed by atoms with Crippen molar-refractivity contribution < 1.29 is 18.5 Å². The van der Waals surface area contributed by atoms with Gasteiger partial charge in [-0.3, -0.25) is 0 Å². The highest BCUT2D eigenvalue weighted by molar-refractivity contribution is 6.62. The van der Waals surface area contributed by atoms with Crippen LogP contribution in [0.5, 0.6) is 0 Å². The molecule has 1 aliphatic heterocycles. The Hall–Kier alpha value is -2.38. The van der Waals surface area contributed by atoms with E-state index >= 15 is 0 Å². The maximum Gasteiger partial charge on any atom is 0.494 e. The van der Waals surface area contributed by atoms with Crippen molar-refractivity contribution in [2.45, 2.75) is 45.4 Å². The van der Waals surface area contributed by atoms with Gasteiger partial charge in [-0.2, -0.15) is 0 Å². The van der Waals surface area contributed by atoms with Crippen LogP contribution in [0.1, 0.15) is 33.3 Å². The van der Waals surface area contributed by atoms with Crippen LogP contribution in [-0.4, -0.2) is 24.4 Å². The molecule has 7 heteroatoms. The molecule has 0 aliphatic carbocycles. The molecule has 1 saturated heterocycles. The Bertz CT molecular complexity index is 811. The number of carbonyl (C=O) groups excluding carboxylic acids is 1. The topological polar surface area (TPSA) is 59.6 Å². The van der Waals surface area contributed by atoms with Gasteiger partial charge in [0.1, 0.15) is 5.82 Å². The third kappa shape index (κ3) is 4.31. The number of carbonyl (C=O) groups is 1. The highest BCUT2D eigenvalue weighted by Crippen LogP contribution is 2.36.